The van der Waals surface area contributed by atoms with Gasteiger partial charge in [-0.05, 0) is 36.2 Å². The van der Waals surface area contributed by atoms with Gasteiger partial charge in [0.05, 0.1) is 6.04 Å². The second kappa shape index (κ2) is 8.14. The molecule has 0 fully saturated rings. The van der Waals surface area contributed by atoms with Gasteiger partial charge in [-0.1, -0.05) is 55.3 Å². The van der Waals surface area contributed by atoms with E-state index >= 15 is 0 Å². The van der Waals surface area contributed by atoms with Crippen LogP contribution in [-0.2, 0) is 6.61 Å². The monoisotopic (exact) mass is 279 g/mol. The summed E-state index contributed by atoms with van der Waals surface area (Å²) in [6, 6.07) is 18.0. The molecule has 21 heavy (non-hydrogen) atoms. The third-order valence-electron chi connectivity index (χ3n) is 3.20. The summed E-state index contributed by atoms with van der Waals surface area (Å²) in [6.45, 7) is 3.59. The molecule has 2 nitrogen and oxygen atoms in total. The molecule has 0 radical (unpaired) electrons. The van der Waals surface area contributed by atoms with Crippen LogP contribution in [0.25, 0.3) is 0 Å². The predicted molar refractivity (Wildman–Crippen MR) is 87.1 cm³/mol. The van der Waals surface area contributed by atoms with Gasteiger partial charge in [-0.15, -0.1) is 6.42 Å². The van der Waals surface area contributed by atoms with Crippen molar-refractivity contribution in [2.75, 3.05) is 6.54 Å². The zero-order valence-corrected chi connectivity index (χ0v) is 12.4. The lowest BCUT2D eigenvalue weighted by Crippen LogP contribution is -2.20. The van der Waals surface area contributed by atoms with E-state index in [0.717, 1.165) is 29.8 Å². The third kappa shape index (κ3) is 4.66. The molecule has 1 atom stereocenters. The molecule has 1 N–H and O–H groups in total. The first kappa shape index (κ1) is 15.2. The molecule has 0 spiro atoms. The Balaban J connectivity index is 2.02. The molecular formula is C19H21NO. The van der Waals surface area contributed by atoms with Gasteiger partial charge in [-0.3, -0.25) is 0 Å². The molecule has 0 aromatic heterocycles. The smallest absolute Gasteiger partial charge is 0.120 e. The van der Waals surface area contributed by atoms with Crippen molar-refractivity contribution in [3.63, 3.8) is 0 Å². The van der Waals surface area contributed by atoms with Crippen LogP contribution in [0.2, 0.25) is 0 Å². The molecule has 0 aliphatic rings. The topological polar surface area (TPSA) is 21.3 Å². The van der Waals surface area contributed by atoms with E-state index in [0.29, 0.717) is 6.61 Å². The Labute approximate surface area is 127 Å². The van der Waals surface area contributed by atoms with Gasteiger partial charge >= 0.3 is 0 Å². The van der Waals surface area contributed by atoms with Crippen LogP contribution in [0.15, 0.2) is 54.6 Å². The molecule has 0 aliphatic heterocycles. The summed E-state index contributed by atoms with van der Waals surface area (Å²) < 4.78 is 5.84. The summed E-state index contributed by atoms with van der Waals surface area (Å²) in [5, 5.41) is 3.34. The Bertz CT molecular complexity index is 586. The van der Waals surface area contributed by atoms with Crippen LogP contribution < -0.4 is 10.1 Å². The zero-order chi connectivity index (χ0) is 14.9. The van der Waals surface area contributed by atoms with Crippen molar-refractivity contribution in [1.82, 2.24) is 5.32 Å². The summed E-state index contributed by atoms with van der Waals surface area (Å²) in [5.74, 6) is 3.63. The Kier molecular flexibility index (Phi) is 5.87. The number of terminal acetylenes is 1. The molecule has 0 aliphatic carbocycles. The fourth-order valence-electron chi connectivity index (χ4n) is 2.09. The van der Waals surface area contributed by atoms with Gasteiger partial charge in [0.1, 0.15) is 12.4 Å². The van der Waals surface area contributed by atoms with Gasteiger partial charge in [0.15, 0.2) is 0 Å². The summed E-state index contributed by atoms with van der Waals surface area (Å²) in [5.41, 5.74) is 2.22. The standard InChI is InChI=1S/C19H21NO/c1-3-13-20-19(4-2)17-11-8-12-18(14-17)21-15-16-9-6-5-7-10-16/h2,5-12,14,19-20H,3,13,15H2,1H3. The fraction of sp³-hybridized carbons (Fsp3) is 0.263. The molecular weight excluding hydrogens is 258 g/mol. The van der Waals surface area contributed by atoms with E-state index in [9.17, 15) is 0 Å². The number of hydrogen-bond donors (Lipinski definition) is 1. The van der Waals surface area contributed by atoms with E-state index in [1.54, 1.807) is 0 Å². The highest BCUT2D eigenvalue weighted by molar-refractivity contribution is 5.34. The summed E-state index contributed by atoms with van der Waals surface area (Å²) in [7, 11) is 0. The number of hydrogen-bond acceptors (Lipinski definition) is 2. The quantitative estimate of drug-likeness (QED) is 0.775. The van der Waals surface area contributed by atoms with E-state index in [2.05, 4.69) is 30.3 Å². The van der Waals surface area contributed by atoms with Gasteiger partial charge in [0.25, 0.3) is 0 Å². The Morgan fingerprint density at radius 1 is 1.14 bits per heavy atom. The number of nitrogens with one attached hydrogen (secondary N) is 1. The first-order valence-electron chi connectivity index (χ1n) is 7.29. The van der Waals surface area contributed by atoms with Gasteiger partial charge in [-0.25, -0.2) is 0 Å². The molecule has 0 heterocycles. The molecule has 2 rings (SSSR count). The lowest BCUT2D eigenvalue weighted by molar-refractivity contribution is 0.305. The second-order valence-electron chi connectivity index (χ2n) is 4.90. The predicted octanol–water partition coefficient (Wildman–Crippen LogP) is 3.94. The summed E-state index contributed by atoms with van der Waals surface area (Å²) in [4.78, 5) is 0. The van der Waals surface area contributed by atoms with Crippen LogP contribution in [0.5, 0.6) is 5.75 Å². The maximum atomic E-state index is 5.84. The van der Waals surface area contributed by atoms with Crippen LogP contribution >= 0.6 is 0 Å². The van der Waals surface area contributed by atoms with E-state index in [-0.39, 0.29) is 6.04 Å². The number of rotatable bonds is 7. The SMILES string of the molecule is C#CC(NCCC)c1cccc(OCc2ccccc2)c1. The molecule has 1 unspecified atom stereocenters. The van der Waals surface area contributed by atoms with Crippen molar-refractivity contribution in [3.05, 3.63) is 65.7 Å². The van der Waals surface area contributed by atoms with Crippen molar-refractivity contribution < 1.29 is 4.74 Å². The van der Waals surface area contributed by atoms with Gasteiger partial charge < -0.3 is 10.1 Å². The highest BCUT2D eigenvalue weighted by Crippen LogP contribution is 2.20. The minimum atomic E-state index is -0.0646. The molecule has 0 bridgehead atoms. The number of ether oxygens (including phenoxy) is 1. The number of benzene rings is 2. The average Bonchev–Trinajstić information content (AvgIpc) is 2.55. The van der Waals surface area contributed by atoms with Crippen molar-refractivity contribution in [3.8, 4) is 18.1 Å². The van der Waals surface area contributed by atoms with Crippen LogP contribution in [0.3, 0.4) is 0 Å². The van der Waals surface area contributed by atoms with E-state index in [1.807, 2.05) is 42.5 Å². The van der Waals surface area contributed by atoms with Crippen molar-refractivity contribution >= 4 is 0 Å². The van der Waals surface area contributed by atoms with Gasteiger partial charge in [-0.2, -0.15) is 0 Å². The summed E-state index contributed by atoms with van der Waals surface area (Å²) in [6.07, 6.45) is 6.67. The Hall–Kier alpha value is -2.24. The molecule has 0 saturated heterocycles. The highest BCUT2D eigenvalue weighted by Gasteiger charge is 2.07. The molecule has 2 heteroatoms. The third-order valence-corrected chi connectivity index (χ3v) is 3.20. The van der Waals surface area contributed by atoms with Gasteiger partial charge in [0.2, 0.25) is 0 Å². The van der Waals surface area contributed by atoms with Crippen LogP contribution in [0, 0.1) is 12.3 Å². The molecule has 2 aromatic rings. The largest absolute Gasteiger partial charge is 0.489 e. The first-order valence-corrected chi connectivity index (χ1v) is 7.29. The normalized spacial score (nSPS) is 11.6. The van der Waals surface area contributed by atoms with Crippen LogP contribution in [0.1, 0.15) is 30.5 Å². The minimum Gasteiger partial charge on any atom is -0.489 e. The van der Waals surface area contributed by atoms with E-state index in [1.165, 1.54) is 0 Å². The highest BCUT2D eigenvalue weighted by atomic mass is 16.5. The maximum Gasteiger partial charge on any atom is 0.120 e. The zero-order valence-electron chi connectivity index (χ0n) is 12.4. The average molecular weight is 279 g/mol. The van der Waals surface area contributed by atoms with Crippen molar-refractivity contribution in [2.24, 2.45) is 0 Å². The van der Waals surface area contributed by atoms with Crippen LogP contribution in [-0.4, -0.2) is 6.54 Å². The second-order valence-corrected chi connectivity index (χ2v) is 4.90. The molecule has 0 saturated carbocycles. The molecule has 0 amide bonds. The van der Waals surface area contributed by atoms with E-state index in [4.69, 9.17) is 11.2 Å². The fourth-order valence-corrected chi connectivity index (χ4v) is 2.09. The Morgan fingerprint density at radius 2 is 1.95 bits per heavy atom. The lowest BCUT2D eigenvalue weighted by atomic mass is 10.1. The molecule has 108 valence electrons. The summed E-state index contributed by atoms with van der Waals surface area (Å²) >= 11 is 0. The first-order chi connectivity index (χ1) is 10.3. The molecule has 2 aromatic carbocycles. The van der Waals surface area contributed by atoms with E-state index < -0.39 is 0 Å². The van der Waals surface area contributed by atoms with Crippen molar-refractivity contribution in [2.45, 2.75) is 26.0 Å². The van der Waals surface area contributed by atoms with Crippen molar-refractivity contribution in [1.29, 1.82) is 0 Å². The van der Waals surface area contributed by atoms with Gasteiger partial charge in [0, 0.05) is 0 Å². The maximum absolute atomic E-state index is 5.84. The van der Waals surface area contributed by atoms with Crippen LogP contribution in [0.4, 0.5) is 0 Å². The Morgan fingerprint density at radius 3 is 2.67 bits per heavy atom. The lowest BCUT2D eigenvalue weighted by Gasteiger charge is -2.14. The minimum absolute atomic E-state index is 0.0646.